The van der Waals surface area contributed by atoms with Gasteiger partial charge in [-0.2, -0.15) is 0 Å². The summed E-state index contributed by atoms with van der Waals surface area (Å²) in [5.41, 5.74) is 0. The molecule has 2 heteroatoms. The minimum Gasteiger partial charge on any atom is -0.365 e. The van der Waals surface area contributed by atoms with Crippen molar-refractivity contribution in [2.45, 2.75) is 19.1 Å². The van der Waals surface area contributed by atoms with Crippen molar-refractivity contribution in [1.29, 1.82) is 0 Å². The molecule has 2 atom stereocenters. The van der Waals surface area contributed by atoms with Crippen LogP contribution in [0.3, 0.4) is 0 Å². The second-order valence-electron chi connectivity index (χ2n) is 1.89. The molecule has 0 bridgehead atoms. The lowest BCUT2D eigenvalue weighted by Crippen LogP contribution is -1.80. The third kappa shape index (κ3) is 1.60. The minimum atomic E-state index is 0.410. The Labute approximate surface area is 57.8 Å². The molecule has 0 spiro atoms. The number of hydrogen-bond acceptors (Lipinski definition) is 1. The standard InChI is InChI=1S/C6H9BrO/c1-5-6(8-5)3-2-4-7/h2-3,5-6H,4H2,1H3/b3-2+. The number of allylic oxidation sites excluding steroid dienone is 1. The summed E-state index contributed by atoms with van der Waals surface area (Å²) in [5.74, 6) is 0. The average Bonchev–Trinajstić information content (AvgIpc) is 2.42. The third-order valence-corrected chi connectivity index (χ3v) is 1.55. The summed E-state index contributed by atoms with van der Waals surface area (Å²) >= 11 is 3.28. The molecule has 0 aromatic heterocycles. The summed E-state index contributed by atoms with van der Waals surface area (Å²) in [5, 5.41) is 0.930. The van der Waals surface area contributed by atoms with E-state index in [4.69, 9.17) is 4.74 Å². The first-order chi connectivity index (χ1) is 3.84. The summed E-state index contributed by atoms with van der Waals surface area (Å²) in [4.78, 5) is 0. The Morgan fingerprint density at radius 1 is 1.75 bits per heavy atom. The van der Waals surface area contributed by atoms with Crippen LogP contribution in [-0.2, 0) is 4.74 Å². The van der Waals surface area contributed by atoms with Crippen LogP contribution in [0.15, 0.2) is 12.2 Å². The van der Waals surface area contributed by atoms with Crippen molar-refractivity contribution >= 4 is 15.9 Å². The van der Waals surface area contributed by atoms with Crippen molar-refractivity contribution in [2.75, 3.05) is 5.33 Å². The molecule has 0 N–H and O–H groups in total. The molecule has 1 saturated heterocycles. The van der Waals surface area contributed by atoms with Crippen molar-refractivity contribution in [3.8, 4) is 0 Å². The third-order valence-electron chi connectivity index (χ3n) is 1.17. The first kappa shape index (κ1) is 6.30. The van der Waals surface area contributed by atoms with Gasteiger partial charge in [-0.15, -0.1) is 0 Å². The Bertz CT molecular complexity index is 101. The van der Waals surface area contributed by atoms with Gasteiger partial charge >= 0.3 is 0 Å². The van der Waals surface area contributed by atoms with E-state index in [1.54, 1.807) is 0 Å². The van der Waals surface area contributed by atoms with Crippen LogP contribution < -0.4 is 0 Å². The summed E-state index contributed by atoms with van der Waals surface area (Å²) in [6.07, 6.45) is 5.02. The van der Waals surface area contributed by atoms with Crippen molar-refractivity contribution in [3.63, 3.8) is 0 Å². The SMILES string of the molecule is CC1OC1/C=C/CBr. The summed E-state index contributed by atoms with van der Waals surface area (Å²) in [7, 11) is 0. The summed E-state index contributed by atoms with van der Waals surface area (Å²) in [6, 6.07) is 0. The highest BCUT2D eigenvalue weighted by atomic mass is 79.9. The van der Waals surface area contributed by atoms with Crippen LogP contribution >= 0.6 is 15.9 Å². The van der Waals surface area contributed by atoms with Gasteiger partial charge < -0.3 is 4.74 Å². The lowest BCUT2D eigenvalue weighted by atomic mass is 10.3. The molecule has 1 fully saturated rings. The lowest BCUT2D eigenvalue weighted by Gasteiger charge is -1.73. The molecule has 8 heavy (non-hydrogen) atoms. The number of ether oxygens (including phenoxy) is 1. The van der Waals surface area contributed by atoms with E-state index >= 15 is 0 Å². The fourth-order valence-corrected chi connectivity index (χ4v) is 0.806. The molecular weight excluding hydrogens is 168 g/mol. The molecule has 1 aliphatic heterocycles. The second-order valence-corrected chi connectivity index (χ2v) is 2.54. The van der Waals surface area contributed by atoms with Crippen LogP contribution in [-0.4, -0.2) is 17.5 Å². The summed E-state index contributed by atoms with van der Waals surface area (Å²) in [6.45, 7) is 2.07. The van der Waals surface area contributed by atoms with Crippen molar-refractivity contribution in [3.05, 3.63) is 12.2 Å². The Morgan fingerprint density at radius 2 is 2.38 bits per heavy atom. The molecule has 1 aliphatic rings. The fourth-order valence-electron chi connectivity index (χ4n) is 0.590. The van der Waals surface area contributed by atoms with Gasteiger partial charge in [-0.1, -0.05) is 28.1 Å². The molecule has 2 unspecified atom stereocenters. The Kier molecular flexibility index (Phi) is 2.08. The predicted octanol–water partition coefficient (Wildman–Crippen LogP) is 1.72. The van der Waals surface area contributed by atoms with E-state index in [1.807, 2.05) is 0 Å². The largest absolute Gasteiger partial charge is 0.365 e. The van der Waals surface area contributed by atoms with Gasteiger partial charge in [0.2, 0.25) is 0 Å². The van der Waals surface area contributed by atoms with Gasteiger partial charge in [0.1, 0.15) is 6.10 Å². The number of alkyl halides is 1. The van der Waals surface area contributed by atoms with Crippen LogP contribution in [0.1, 0.15) is 6.92 Å². The zero-order chi connectivity index (χ0) is 5.98. The highest BCUT2D eigenvalue weighted by molar-refractivity contribution is 9.09. The normalized spacial score (nSPS) is 36.2. The van der Waals surface area contributed by atoms with Crippen molar-refractivity contribution < 1.29 is 4.74 Å². The fraction of sp³-hybridized carbons (Fsp3) is 0.667. The van der Waals surface area contributed by atoms with E-state index in [2.05, 4.69) is 35.0 Å². The molecule has 0 saturated carbocycles. The topological polar surface area (TPSA) is 12.5 Å². The molecule has 0 aromatic rings. The Balaban J connectivity index is 2.12. The highest BCUT2D eigenvalue weighted by Crippen LogP contribution is 2.21. The van der Waals surface area contributed by atoms with Gasteiger partial charge in [-0.25, -0.2) is 0 Å². The quantitative estimate of drug-likeness (QED) is 0.355. The van der Waals surface area contributed by atoms with Gasteiger partial charge in [0.25, 0.3) is 0 Å². The molecule has 0 amide bonds. The molecule has 1 nitrogen and oxygen atoms in total. The molecule has 0 aliphatic carbocycles. The molecular formula is C6H9BrO. The maximum Gasteiger partial charge on any atom is 0.102 e. The minimum absolute atomic E-state index is 0.410. The van der Waals surface area contributed by atoms with Gasteiger partial charge in [0, 0.05) is 5.33 Å². The number of halogens is 1. The maximum absolute atomic E-state index is 5.11. The van der Waals surface area contributed by atoms with Gasteiger partial charge in [0.05, 0.1) is 6.10 Å². The molecule has 1 heterocycles. The van der Waals surface area contributed by atoms with Crippen molar-refractivity contribution in [2.24, 2.45) is 0 Å². The van der Waals surface area contributed by atoms with Gasteiger partial charge in [-0.3, -0.25) is 0 Å². The zero-order valence-corrected chi connectivity index (χ0v) is 6.39. The number of rotatable bonds is 2. The van der Waals surface area contributed by atoms with E-state index in [9.17, 15) is 0 Å². The first-order valence-corrected chi connectivity index (χ1v) is 3.85. The van der Waals surface area contributed by atoms with Crippen LogP contribution in [0.2, 0.25) is 0 Å². The smallest absolute Gasteiger partial charge is 0.102 e. The summed E-state index contributed by atoms with van der Waals surface area (Å²) < 4.78 is 5.11. The van der Waals surface area contributed by atoms with Crippen LogP contribution in [0.5, 0.6) is 0 Å². The maximum atomic E-state index is 5.11. The predicted molar refractivity (Wildman–Crippen MR) is 37.3 cm³/mol. The first-order valence-electron chi connectivity index (χ1n) is 2.72. The highest BCUT2D eigenvalue weighted by Gasteiger charge is 2.30. The van der Waals surface area contributed by atoms with Gasteiger partial charge in [0.15, 0.2) is 0 Å². The second kappa shape index (κ2) is 2.65. The van der Waals surface area contributed by atoms with Crippen molar-refractivity contribution in [1.82, 2.24) is 0 Å². The van der Waals surface area contributed by atoms with E-state index < -0.39 is 0 Å². The number of epoxide rings is 1. The zero-order valence-electron chi connectivity index (χ0n) is 4.80. The van der Waals surface area contributed by atoms with E-state index in [1.165, 1.54) is 0 Å². The Morgan fingerprint density at radius 3 is 2.75 bits per heavy atom. The molecule has 46 valence electrons. The van der Waals surface area contributed by atoms with E-state index in [0.717, 1.165) is 5.33 Å². The Hall–Kier alpha value is 0.180. The van der Waals surface area contributed by atoms with Crippen LogP contribution in [0, 0.1) is 0 Å². The lowest BCUT2D eigenvalue weighted by molar-refractivity contribution is 0.400. The van der Waals surface area contributed by atoms with E-state index in [-0.39, 0.29) is 0 Å². The van der Waals surface area contributed by atoms with E-state index in [0.29, 0.717) is 12.2 Å². The van der Waals surface area contributed by atoms with Crippen LogP contribution in [0.25, 0.3) is 0 Å². The van der Waals surface area contributed by atoms with Crippen LogP contribution in [0.4, 0.5) is 0 Å². The average molecular weight is 177 g/mol. The van der Waals surface area contributed by atoms with Gasteiger partial charge in [-0.05, 0) is 6.92 Å². The molecule has 0 radical (unpaired) electrons. The number of hydrogen-bond donors (Lipinski definition) is 0. The monoisotopic (exact) mass is 176 g/mol. The molecule has 0 aromatic carbocycles. The molecule has 1 rings (SSSR count).